The van der Waals surface area contributed by atoms with Crippen molar-refractivity contribution in [3.8, 4) is 0 Å². The third-order valence-electron chi connectivity index (χ3n) is 2.55. The van der Waals surface area contributed by atoms with Gasteiger partial charge in [-0.1, -0.05) is 19.9 Å². The van der Waals surface area contributed by atoms with Gasteiger partial charge in [-0.05, 0) is 11.6 Å². The summed E-state index contributed by atoms with van der Waals surface area (Å²) in [6.45, 7) is 2.45. The molecule has 0 unspecified atom stereocenters. The molecular weight excluding hydrogens is 295 g/mol. The van der Waals surface area contributed by atoms with Crippen molar-refractivity contribution in [2.75, 3.05) is 6.61 Å². The third kappa shape index (κ3) is 5.92. The molecule has 1 rings (SSSR count). The molecule has 0 aliphatic heterocycles. The molecule has 0 atom stereocenters. The normalized spacial score (nSPS) is 13.0. The Morgan fingerprint density at radius 2 is 1.86 bits per heavy atom. The molecule has 1 heterocycles. The second-order valence-corrected chi connectivity index (χ2v) is 4.89. The molecule has 1 aromatic heterocycles. The number of alkyl halides is 5. The first-order valence-electron chi connectivity index (χ1n) is 6.31. The average molecular weight is 312 g/mol. The van der Waals surface area contributed by atoms with Crippen molar-refractivity contribution < 1.29 is 26.7 Å². The molecule has 0 spiro atoms. The van der Waals surface area contributed by atoms with E-state index in [4.69, 9.17) is 0 Å². The zero-order chi connectivity index (χ0) is 16.1. The fourth-order valence-electron chi connectivity index (χ4n) is 1.33. The summed E-state index contributed by atoms with van der Waals surface area (Å²) in [5.41, 5.74) is 1.18. The van der Waals surface area contributed by atoms with E-state index in [0.717, 1.165) is 5.56 Å². The van der Waals surface area contributed by atoms with Gasteiger partial charge in [-0.3, -0.25) is 4.98 Å². The maximum Gasteiger partial charge on any atom is 0.455 e. The number of nitrogens with zero attached hydrogens (tertiary/aromatic N) is 1. The van der Waals surface area contributed by atoms with E-state index in [9.17, 15) is 22.0 Å². The van der Waals surface area contributed by atoms with E-state index in [0.29, 0.717) is 18.3 Å². The van der Waals surface area contributed by atoms with Crippen LogP contribution in [0.25, 0.3) is 0 Å². The predicted octanol–water partition coefficient (Wildman–Crippen LogP) is 3.29. The van der Waals surface area contributed by atoms with Crippen LogP contribution in [0.15, 0.2) is 18.3 Å². The van der Waals surface area contributed by atoms with E-state index >= 15 is 0 Å². The van der Waals surface area contributed by atoms with Crippen LogP contribution in [0.5, 0.6) is 0 Å². The van der Waals surface area contributed by atoms with Crippen LogP contribution in [0.1, 0.15) is 25.1 Å². The molecule has 0 fully saturated rings. The van der Waals surface area contributed by atoms with Gasteiger partial charge in [0.25, 0.3) is 0 Å². The van der Waals surface area contributed by atoms with Gasteiger partial charge >= 0.3 is 12.1 Å². The van der Waals surface area contributed by atoms with Crippen molar-refractivity contribution in [2.45, 2.75) is 45.1 Å². The average Bonchev–Trinajstić information content (AvgIpc) is 2.36. The summed E-state index contributed by atoms with van der Waals surface area (Å²) in [5, 5.41) is 3.17. The first kappa shape index (κ1) is 17.8. The smallest absolute Gasteiger partial charge is 0.369 e. The van der Waals surface area contributed by atoms with E-state index in [2.05, 4.69) is 15.0 Å². The summed E-state index contributed by atoms with van der Waals surface area (Å²) < 4.78 is 65.3. The Bertz CT molecular complexity index is 431. The van der Waals surface area contributed by atoms with Crippen molar-refractivity contribution in [3.63, 3.8) is 0 Å². The lowest BCUT2D eigenvalue weighted by Crippen LogP contribution is -2.40. The number of aromatic nitrogens is 1. The van der Waals surface area contributed by atoms with Gasteiger partial charge in [0.2, 0.25) is 0 Å². The summed E-state index contributed by atoms with van der Waals surface area (Å²) in [4.78, 5) is 3.95. The summed E-state index contributed by atoms with van der Waals surface area (Å²) in [7, 11) is 0. The molecule has 3 nitrogen and oxygen atoms in total. The quantitative estimate of drug-likeness (QED) is 0.785. The molecule has 1 aromatic rings. The fraction of sp³-hybridized carbons (Fsp3) is 0.615. The Balaban J connectivity index is 2.43. The zero-order valence-corrected chi connectivity index (χ0v) is 11.7. The lowest BCUT2D eigenvalue weighted by molar-refractivity contribution is -0.297. The summed E-state index contributed by atoms with van der Waals surface area (Å²) in [6.07, 6.45) is -4.08. The monoisotopic (exact) mass is 312 g/mol. The van der Waals surface area contributed by atoms with Crippen molar-refractivity contribution in [1.29, 1.82) is 0 Å². The van der Waals surface area contributed by atoms with Crippen LogP contribution in [-0.4, -0.2) is 29.7 Å². The van der Waals surface area contributed by atoms with Gasteiger partial charge in [-0.15, -0.1) is 0 Å². The molecule has 0 saturated heterocycles. The minimum Gasteiger partial charge on any atom is -0.369 e. The first-order valence-corrected chi connectivity index (χ1v) is 6.31. The Hall–Kier alpha value is -1.28. The van der Waals surface area contributed by atoms with E-state index < -0.39 is 25.3 Å². The molecular formula is C13H17F5N2O. The van der Waals surface area contributed by atoms with Crippen LogP contribution in [0.4, 0.5) is 22.0 Å². The third-order valence-corrected chi connectivity index (χ3v) is 2.55. The van der Waals surface area contributed by atoms with Crippen LogP contribution in [0, 0.1) is 0 Å². The zero-order valence-electron chi connectivity index (χ0n) is 11.7. The maximum absolute atomic E-state index is 12.6. The molecule has 120 valence electrons. The number of pyridine rings is 1. The molecule has 1 N–H and O–H groups in total. The highest BCUT2D eigenvalue weighted by molar-refractivity contribution is 5.13. The Morgan fingerprint density at radius 1 is 1.19 bits per heavy atom. The van der Waals surface area contributed by atoms with Crippen LogP contribution >= 0.6 is 0 Å². The minimum absolute atomic E-state index is 0.293. The molecule has 0 aliphatic carbocycles. The first-order chi connectivity index (χ1) is 9.62. The summed E-state index contributed by atoms with van der Waals surface area (Å²) in [5.74, 6) is -4.85. The second-order valence-electron chi connectivity index (χ2n) is 4.89. The molecule has 0 aromatic carbocycles. The van der Waals surface area contributed by atoms with Gasteiger partial charge in [0.1, 0.15) is 6.61 Å². The second kappa shape index (κ2) is 7.13. The van der Waals surface area contributed by atoms with Gasteiger partial charge in [0.05, 0.1) is 12.3 Å². The van der Waals surface area contributed by atoms with Crippen molar-refractivity contribution in [2.24, 2.45) is 0 Å². The van der Waals surface area contributed by atoms with E-state index in [1.165, 1.54) is 12.3 Å². The SMILES string of the molecule is CC(C)NCc1ccc(COCC(F)(F)C(F)(F)F)nc1. The lowest BCUT2D eigenvalue weighted by Gasteiger charge is -2.19. The van der Waals surface area contributed by atoms with Gasteiger partial charge in [0, 0.05) is 18.8 Å². The highest BCUT2D eigenvalue weighted by Gasteiger charge is 2.57. The summed E-state index contributed by atoms with van der Waals surface area (Å²) >= 11 is 0. The molecule has 8 heteroatoms. The number of nitrogens with one attached hydrogen (secondary N) is 1. The number of hydrogen-bond donors (Lipinski definition) is 1. The number of rotatable bonds is 7. The van der Waals surface area contributed by atoms with E-state index in [1.54, 1.807) is 6.07 Å². The van der Waals surface area contributed by atoms with E-state index in [-0.39, 0.29) is 0 Å². The predicted molar refractivity (Wildman–Crippen MR) is 66.9 cm³/mol. The van der Waals surface area contributed by atoms with Gasteiger partial charge < -0.3 is 10.1 Å². The lowest BCUT2D eigenvalue weighted by atomic mass is 10.2. The number of hydrogen-bond acceptors (Lipinski definition) is 3. The van der Waals surface area contributed by atoms with Gasteiger partial charge in [0.15, 0.2) is 0 Å². The topological polar surface area (TPSA) is 34.1 Å². The van der Waals surface area contributed by atoms with Crippen molar-refractivity contribution in [3.05, 3.63) is 29.6 Å². The Kier molecular flexibility index (Phi) is 6.03. The summed E-state index contributed by atoms with van der Waals surface area (Å²) in [6, 6.07) is 3.55. The fourth-order valence-corrected chi connectivity index (χ4v) is 1.33. The van der Waals surface area contributed by atoms with Crippen LogP contribution in [0.3, 0.4) is 0 Å². The van der Waals surface area contributed by atoms with Gasteiger partial charge in [-0.2, -0.15) is 22.0 Å². The number of halogens is 5. The minimum atomic E-state index is -5.60. The maximum atomic E-state index is 12.6. The van der Waals surface area contributed by atoms with Crippen LogP contribution in [0.2, 0.25) is 0 Å². The molecule has 0 bridgehead atoms. The van der Waals surface area contributed by atoms with Crippen molar-refractivity contribution in [1.82, 2.24) is 10.3 Å². The highest BCUT2D eigenvalue weighted by atomic mass is 19.4. The largest absolute Gasteiger partial charge is 0.455 e. The molecule has 21 heavy (non-hydrogen) atoms. The highest BCUT2D eigenvalue weighted by Crippen LogP contribution is 2.35. The van der Waals surface area contributed by atoms with Gasteiger partial charge in [-0.25, -0.2) is 0 Å². The van der Waals surface area contributed by atoms with Crippen LogP contribution < -0.4 is 5.32 Å². The Morgan fingerprint density at radius 3 is 2.33 bits per heavy atom. The standard InChI is InChI=1S/C13H17F5N2O/c1-9(2)19-5-10-3-4-11(20-6-10)7-21-8-12(14,15)13(16,17)18/h3-4,6,9,19H,5,7-8H2,1-2H3. The Labute approximate surface area is 119 Å². The number of ether oxygens (including phenoxy) is 1. The molecule has 0 radical (unpaired) electrons. The molecule has 0 saturated carbocycles. The molecule has 0 amide bonds. The van der Waals surface area contributed by atoms with Crippen LogP contribution in [-0.2, 0) is 17.9 Å². The molecule has 0 aliphatic rings. The van der Waals surface area contributed by atoms with Crippen molar-refractivity contribution >= 4 is 0 Å². The van der Waals surface area contributed by atoms with E-state index in [1.807, 2.05) is 13.8 Å².